The molecule has 0 radical (unpaired) electrons. The molecule has 7 heteroatoms. The molecule has 0 amide bonds. The molecule has 1 aromatic heterocycles. The zero-order chi connectivity index (χ0) is 15.9. The van der Waals surface area contributed by atoms with Crippen LogP contribution in [0.15, 0.2) is 53.9 Å². The number of halogens is 1. The van der Waals surface area contributed by atoms with E-state index >= 15 is 0 Å². The topological polar surface area (TPSA) is 86.8 Å². The van der Waals surface area contributed by atoms with Gasteiger partial charge in [0.25, 0.3) is 0 Å². The molecular formula is C15H14ClN3O3. The number of oxime groups is 1. The van der Waals surface area contributed by atoms with Gasteiger partial charge < -0.3 is 15.3 Å². The molecule has 2 rings (SSSR count). The number of carbonyl (C=O) groups is 1. The van der Waals surface area contributed by atoms with Gasteiger partial charge in [-0.25, -0.2) is 4.79 Å². The van der Waals surface area contributed by atoms with Crippen molar-refractivity contribution < 1.29 is 14.4 Å². The Morgan fingerprint density at radius 2 is 2.18 bits per heavy atom. The fourth-order valence-electron chi connectivity index (χ4n) is 1.53. The molecular weight excluding hydrogens is 306 g/mol. The minimum Gasteiger partial charge on any atom is -0.479 e. The van der Waals surface area contributed by atoms with E-state index in [1.54, 1.807) is 49.5 Å². The van der Waals surface area contributed by atoms with Crippen molar-refractivity contribution in [1.29, 1.82) is 0 Å². The summed E-state index contributed by atoms with van der Waals surface area (Å²) in [7, 11) is 0. The summed E-state index contributed by atoms with van der Waals surface area (Å²) in [6.07, 6.45) is 2.26. The second-order valence-electron chi connectivity index (χ2n) is 4.35. The molecule has 0 bridgehead atoms. The number of hydrogen-bond acceptors (Lipinski definition) is 5. The highest BCUT2D eigenvalue weighted by Crippen LogP contribution is 2.18. The molecule has 2 aromatic rings. The van der Waals surface area contributed by atoms with E-state index in [2.05, 4.69) is 10.1 Å². The van der Waals surface area contributed by atoms with Crippen LogP contribution in [-0.2, 0) is 9.63 Å². The van der Waals surface area contributed by atoms with Crippen LogP contribution in [0.1, 0.15) is 12.5 Å². The summed E-state index contributed by atoms with van der Waals surface area (Å²) in [6, 6.07) is 10.1. The average Bonchev–Trinajstić information content (AvgIpc) is 2.53. The van der Waals surface area contributed by atoms with Gasteiger partial charge in [-0.3, -0.25) is 4.98 Å². The van der Waals surface area contributed by atoms with Crippen molar-refractivity contribution in [3.63, 3.8) is 0 Å². The van der Waals surface area contributed by atoms with Crippen LogP contribution in [0.25, 0.3) is 0 Å². The Hall–Kier alpha value is -2.60. The first-order valence-electron chi connectivity index (χ1n) is 6.43. The van der Waals surface area contributed by atoms with Crippen LogP contribution in [0.3, 0.4) is 0 Å². The molecule has 1 heterocycles. The highest BCUT2D eigenvalue weighted by Gasteiger charge is 2.17. The first kappa shape index (κ1) is 15.8. The lowest BCUT2D eigenvalue weighted by Crippen LogP contribution is -2.26. The summed E-state index contributed by atoms with van der Waals surface area (Å²) in [5.41, 5.74) is 6.24. The van der Waals surface area contributed by atoms with Crippen LogP contribution in [-0.4, -0.2) is 22.9 Å². The minimum atomic E-state index is -0.857. The number of amidine groups is 1. The van der Waals surface area contributed by atoms with Crippen molar-refractivity contribution in [2.45, 2.75) is 13.0 Å². The van der Waals surface area contributed by atoms with Gasteiger partial charge in [-0.1, -0.05) is 22.8 Å². The van der Waals surface area contributed by atoms with E-state index in [-0.39, 0.29) is 5.84 Å². The van der Waals surface area contributed by atoms with Crippen molar-refractivity contribution in [2.75, 3.05) is 0 Å². The lowest BCUT2D eigenvalue weighted by atomic mass is 10.3. The maximum absolute atomic E-state index is 11.8. The Kier molecular flexibility index (Phi) is 5.32. The van der Waals surface area contributed by atoms with Crippen LogP contribution < -0.4 is 10.5 Å². The maximum Gasteiger partial charge on any atom is 0.374 e. The molecule has 0 saturated carbocycles. The molecule has 2 N–H and O–H groups in total. The molecule has 0 spiro atoms. The van der Waals surface area contributed by atoms with E-state index in [0.717, 1.165) is 0 Å². The van der Waals surface area contributed by atoms with Gasteiger partial charge in [0.1, 0.15) is 5.75 Å². The van der Waals surface area contributed by atoms with Crippen molar-refractivity contribution in [3.8, 4) is 5.75 Å². The number of pyridine rings is 1. The Bertz CT molecular complexity index is 677. The van der Waals surface area contributed by atoms with Gasteiger partial charge in [0.2, 0.25) is 0 Å². The van der Waals surface area contributed by atoms with Crippen molar-refractivity contribution >= 4 is 23.4 Å². The molecule has 1 aromatic carbocycles. The lowest BCUT2D eigenvalue weighted by molar-refractivity contribution is -0.151. The standard InChI is InChI=1S/C15H14ClN3O3/c1-10(21-13-6-2-5-12(16)8-13)15(20)22-19-14(17)11-4-3-7-18-9-11/h2-10H,1H3,(H2,17,19)/t10-/m0/s1. The summed E-state index contributed by atoms with van der Waals surface area (Å²) in [5, 5.41) is 4.08. The average molecular weight is 320 g/mol. The lowest BCUT2D eigenvalue weighted by Gasteiger charge is -2.11. The van der Waals surface area contributed by atoms with Gasteiger partial charge in [0.05, 0.1) is 0 Å². The molecule has 1 atom stereocenters. The van der Waals surface area contributed by atoms with Crippen molar-refractivity contribution in [2.24, 2.45) is 10.9 Å². The smallest absolute Gasteiger partial charge is 0.374 e. The van der Waals surface area contributed by atoms with E-state index in [9.17, 15) is 4.79 Å². The highest BCUT2D eigenvalue weighted by molar-refractivity contribution is 6.30. The number of benzene rings is 1. The van der Waals surface area contributed by atoms with Crippen LogP contribution in [0.5, 0.6) is 5.75 Å². The van der Waals surface area contributed by atoms with E-state index in [0.29, 0.717) is 16.3 Å². The summed E-state index contributed by atoms with van der Waals surface area (Å²) in [4.78, 5) is 20.5. The quantitative estimate of drug-likeness (QED) is 0.395. The predicted octanol–water partition coefficient (Wildman–Crippen LogP) is 2.37. The summed E-state index contributed by atoms with van der Waals surface area (Å²) >= 11 is 5.84. The first-order valence-corrected chi connectivity index (χ1v) is 6.81. The van der Waals surface area contributed by atoms with Crippen LogP contribution in [0.4, 0.5) is 0 Å². The third-order valence-corrected chi connectivity index (χ3v) is 2.87. The maximum atomic E-state index is 11.8. The summed E-state index contributed by atoms with van der Waals surface area (Å²) in [6.45, 7) is 1.54. The number of ether oxygens (including phenoxy) is 1. The third kappa shape index (κ3) is 4.46. The highest BCUT2D eigenvalue weighted by atomic mass is 35.5. The second-order valence-corrected chi connectivity index (χ2v) is 4.78. The number of carbonyl (C=O) groups excluding carboxylic acids is 1. The van der Waals surface area contributed by atoms with Gasteiger partial charge in [0.15, 0.2) is 11.9 Å². The number of aromatic nitrogens is 1. The van der Waals surface area contributed by atoms with E-state index in [1.165, 1.54) is 6.20 Å². The number of nitrogens with two attached hydrogens (primary N) is 1. The fraction of sp³-hybridized carbons (Fsp3) is 0.133. The van der Waals surface area contributed by atoms with Crippen molar-refractivity contribution in [3.05, 3.63) is 59.4 Å². The van der Waals surface area contributed by atoms with Gasteiger partial charge in [-0.05, 0) is 37.3 Å². The number of rotatable bonds is 5. The Morgan fingerprint density at radius 3 is 2.86 bits per heavy atom. The Balaban J connectivity index is 1.94. The van der Waals surface area contributed by atoms with E-state index in [4.69, 9.17) is 26.9 Å². The monoisotopic (exact) mass is 319 g/mol. The van der Waals surface area contributed by atoms with Crippen LogP contribution in [0.2, 0.25) is 5.02 Å². The van der Waals surface area contributed by atoms with E-state index < -0.39 is 12.1 Å². The molecule has 22 heavy (non-hydrogen) atoms. The Labute approximate surface area is 132 Å². The zero-order valence-corrected chi connectivity index (χ0v) is 12.5. The van der Waals surface area contributed by atoms with Crippen LogP contribution >= 0.6 is 11.6 Å². The van der Waals surface area contributed by atoms with Gasteiger partial charge in [-0.15, -0.1) is 0 Å². The molecule has 0 unspecified atom stereocenters. The largest absolute Gasteiger partial charge is 0.479 e. The van der Waals surface area contributed by atoms with Gasteiger partial charge >= 0.3 is 5.97 Å². The first-order chi connectivity index (χ1) is 10.6. The summed E-state index contributed by atoms with van der Waals surface area (Å²) in [5.74, 6) is -0.163. The molecule has 0 fully saturated rings. The van der Waals surface area contributed by atoms with Crippen LogP contribution in [0, 0.1) is 0 Å². The van der Waals surface area contributed by atoms with Crippen molar-refractivity contribution in [1.82, 2.24) is 4.98 Å². The predicted molar refractivity (Wildman–Crippen MR) is 82.6 cm³/mol. The molecule has 0 aliphatic carbocycles. The molecule has 0 saturated heterocycles. The molecule has 6 nitrogen and oxygen atoms in total. The number of nitrogens with zero attached hydrogens (tertiary/aromatic N) is 2. The van der Waals surface area contributed by atoms with Gasteiger partial charge in [0, 0.05) is 23.0 Å². The molecule has 0 aliphatic heterocycles. The second kappa shape index (κ2) is 7.42. The Morgan fingerprint density at radius 1 is 1.36 bits per heavy atom. The fourth-order valence-corrected chi connectivity index (χ4v) is 1.71. The molecule has 0 aliphatic rings. The third-order valence-electron chi connectivity index (χ3n) is 2.63. The summed E-state index contributed by atoms with van der Waals surface area (Å²) < 4.78 is 5.41. The number of hydrogen-bond donors (Lipinski definition) is 1. The van der Waals surface area contributed by atoms with E-state index in [1.807, 2.05) is 0 Å². The molecule has 114 valence electrons. The minimum absolute atomic E-state index is 0.0522. The van der Waals surface area contributed by atoms with Gasteiger partial charge in [-0.2, -0.15) is 0 Å². The normalized spacial score (nSPS) is 12.5. The SMILES string of the molecule is C[C@H](Oc1cccc(Cl)c1)C(=O)O/N=C(/N)c1cccnc1. The zero-order valence-electron chi connectivity index (χ0n) is 11.8.